The van der Waals surface area contributed by atoms with Crippen LogP contribution in [0.2, 0.25) is 5.02 Å². The number of carbonyl (C=O) groups is 1. The first kappa shape index (κ1) is 27.3. The van der Waals surface area contributed by atoms with Gasteiger partial charge in [0.25, 0.3) is 5.92 Å². The van der Waals surface area contributed by atoms with Crippen molar-refractivity contribution in [3.05, 3.63) is 53.1 Å². The van der Waals surface area contributed by atoms with Crippen LogP contribution in [0, 0.1) is 11.3 Å². The average molecular weight is 519 g/mol. The molecule has 0 radical (unpaired) electrons. The standard InChI is InChI=1S/C26H29ClF2N4O3/c1-15(2)14-36-18-9-7-17(8-10-18)21-31-22(33-24(35)32-21)19-12-16(6-11-20(19)27)13-30-23(34)25(3,4)26(5,28)29/h6-12,15H,13-14H2,1-5H3,(H,30,34)(H,31,32,33,35). The van der Waals surface area contributed by atoms with Gasteiger partial charge in [0.15, 0.2) is 11.6 Å². The molecule has 0 saturated heterocycles. The van der Waals surface area contributed by atoms with Crippen molar-refractivity contribution in [2.24, 2.45) is 11.3 Å². The smallest absolute Gasteiger partial charge is 0.318 e. The highest BCUT2D eigenvalue weighted by atomic mass is 35.5. The summed E-state index contributed by atoms with van der Waals surface area (Å²) in [6, 6.07) is 11.5. The maximum absolute atomic E-state index is 13.8. The molecule has 2 aromatic carbocycles. The summed E-state index contributed by atoms with van der Waals surface area (Å²) in [5, 5.41) is 13.0. The number of hydrogen-bond acceptors (Lipinski definition) is 6. The van der Waals surface area contributed by atoms with Crippen molar-refractivity contribution in [1.29, 1.82) is 0 Å². The van der Waals surface area contributed by atoms with Crippen molar-refractivity contribution in [2.45, 2.75) is 47.1 Å². The maximum Gasteiger partial charge on any atom is 0.318 e. The van der Waals surface area contributed by atoms with Crippen molar-refractivity contribution < 1.29 is 23.4 Å². The highest BCUT2D eigenvalue weighted by molar-refractivity contribution is 6.33. The molecule has 0 aliphatic carbocycles. The highest BCUT2D eigenvalue weighted by Crippen LogP contribution is 2.36. The van der Waals surface area contributed by atoms with Gasteiger partial charge in [0.2, 0.25) is 5.91 Å². The molecule has 0 aliphatic heterocycles. The predicted octanol–water partition coefficient (Wildman–Crippen LogP) is 5.90. The summed E-state index contributed by atoms with van der Waals surface area (Å²) in [6.45, 7) is 7.78. The average Bonchev–Trinajstić information content (AvgIpc) is 2.81. The van der Waals surface area contributed by atoms with Gasteiger partial charge in [-0.15, -0.1) is 0 Å². The first-order valence-corrected chi connectivity index (χ1v) is 11.8. The molecule has 0 unspecified atom stereocenters. The minimum Gasteiger partial charge on any atom is -0.493 e. The molecule has 1 aromatic heterocycles. The van der Waals surface area contributed by atoms with Crippen LogP contribution in [0.3, 0.4) is 0 Å². The molecule has 0 spiro atoms. The van der Waals surface area contributed by atoms with Gasteiger partial charge in [-0.1, -0.05) is 31.5 Å². The third-order valence-corrected chi connectivity index (χ3v) is 6.04. The lowest BCUT2D eigenvalue weighted by atomic mass is 9.85. The summed E-state index contributed by atoms with van der Waals surface area (Å²) < 4.78 is 33.3. The van der Waals surface area contributed by atoms with Crippen LogP contribution in [0.5, 0.6) is 11.8 Å². The van der Waals surface area contributed by atoms with Crippen LogP contribution in [0.1, 0.15) is 40.2 Å². The largest absolute Gasteiger partial charge is 0.493 e. The van der Waals surface area contributed by atoms with Crippen molar-refractivity contribution in [1.82, 2.24) is 20.3 Å². The number of alkyl halides is 2. The van der Waals surface area contributed by atoms with E-state index in [1.165, 1.54) is 13.8 Å². The lowest BCUT2D eigenvalue weighted by Crippen LogP contribution is -2.47. The van der Waals surface area contributed by atoms with Gasteiger partial charge < -0.3 is 15.2 Å². The van der Waals surface area contributed by atoms with E-state index in [4.69, 9.17) is 16.3 Å². The Hall–Kier alpha value is -3.33. The van der Waals surface area contributed by atoms with Gasteiger partial charge in [-0.05, 0) is 61.7 Å². The Labute approximate surface area is 213 Å². The van der Waals surface area contributed by atoms with Crippen molar-refractivity contribution in [3.63, 3.8) is 0 Å². The van der Waals surface area contributed by atoms with Crippen LogP contribution >= 0.6 is 11.6 Å². The number of rotatable bonds is 9. The van der Waals surface area contributed by atoms with Crippen molar-refractivity contribution >= 4 is 17.5 Å². The molecule has 10 heteroatoms. The molecular weight excluding hydrogens is 490 g/mol. The summed E-state index contributed by atoms with van der Waals surface area (Å²) in [5.74, 6) is -2.54. The monoisotopic (exact) mass is 518 g/mol. The normalized spacial score (nSPS) is 12.0. The first-order chi connectivity index (χ1) is 16.8. The third kappa shape index (κ3) is 6.46. The summed E-state index contributed by atoms with van der Waals surface area (Å²) >= 11 is 6.37. The fourth-order valence-electron chi connectivity index (χ4n) is 3.03. The van der Waals surface area contributed by atoms with Crippen molar-refractivity contribution in [2.75, 3.05) is 6.61 Å². The van der Waals surface area contributed by atoms with Crippen LogP contribution < -0.4 is 10.1 Å². The minimum atomic E-state index is -3.19. The zero-order chi connectivity index (χ0) is 26.7. The molecule has 3 rings (SSSR count). The number of carbonyl (C=O) groups excluding carboxylic acids is 1. The van der Waals surface area contributed by atoms with E-state index in [2.05, 4.69) is 34.1 Å². The van der Waals surface area contributed by atoms with E-state index in [0.717, 1.165) is 0 Å². The number of halogens is 3. The molecule has 192 valence electrons. The van der Waals surface area contributed by atoms with Crippen LogP contribution in [0.15, 0.2) is 42.5 Å². The van der Waals surface area contributed by atoms with Gasteiger partial charge in [0.05, 0.1) is 11.6 Å². The van der Waals surface area contributed by atoms with Gasteiger partial charge in [-0.2, -0.15) is 9.97 Å². The molecule has 2 N–H and O–H groups in total. The van der Waals surface area contributed by atoms with E-state index in [0.29, 0.717) is 46.9 Å². The van der Waals surface area contributed by atoms with Gasteiger partial charge in [0, 0.05) is 24.6 Å². The van der Waals surface area contributed by atoms with Crippen LogP contribution in [-0.4, -0.2) is 38.5 Å². The molecule has 7 nitrogen and oxygen atoms in total. The van der Waals surface area contributed by atoms with Crippen LogP contribution in [0.4, 0.5) is 8.78 Å². The van der Waals surface area contributed by atoms with Gasteiger partial charge in [0.1, 0.15) is 11.2 Å². The van der Waals surface area contributed by atoms with E-state index in [1.54, 1.807) is 42.5 Å². The second kappa shape index (κ2) is 10.7. The molecule has 36 heavy (non-hydrogen) atoms. The number of hydrogen-bond donors (Lipinski definition) is 2. The highest BCUT2D eigenvalue weighted by Gasteiger charge is 2.47. The number of aromatic hydroxyl groups is 1. The van der Waals surface area contributed by atoms with E-state index >= 15 is 0 Å². The number of benzene rings is 2. The lowest BCUT2D eigenvalue weighted by Gasteiger charge is -2.29. The Morgan fingerprint density at radius 1 is 1.06 bits per heavy atom. The topological polar surface area (TPSA) is 97.2 Å². The molecule has 0 bridgehead atoms. The minimum absolute atomic E-state index is 0.00965. The SMILES string of the molecule is CC(C)COc1ccc(-c2nc(O)nc(-c3cc(CNC(=O)C(C)(C)C(C)(F)F)ccc3Cl)n2)cc1. The zero-order valence-electron chi connectivity index (χ0n) is 20.8. The van der Waals surface area contributed by atoms with E-state index in [1.807, 2.05) is 0 Å². The second-order valence-electron chi connectivity index (χ2n) is 9.52. The third-order valence-electron chi connectivity index (χ3n) is 5.71. The van der Waals surface area contributed by atoms with Gasteiger partial charge in [-0.25, -0.2) is 13.8 Å². The summed E-state index contributed by atoms with van der Waals surface area (Å²) in [7, 11) is 0. The number of amides is 1. The molecule has 3 aromatic rings. The molecule has 0 fully saturated rings. The van der Waals surface area contributed by atoms with Gasteiger partial charge >= 0.3 is 6.01 Å². The number of nitrogens with zero attached hydrogens (tertiary/aromatic N) is 3. The quantitative estimate of drug-likeness (QED) is 0.366. The molecule has 0 atom stereocenters. The zero-order valence-corrected chi connectivity index (χ0v) is 21.5. The second-order valence-corrected chi connectivity index (χ2v) is 9.93. The fraction of sp³-hybridized carbons (Fsp3) is 0.385. The van der Waals surface area contributed by atoms with E-state index in [9.17, 15) is 18.7 Å². The van der Waals surface area contributed by atoms with Gasteiger partial charge in [-0.3, -0.25) is 4.79 Å². The molecule has 1 heterocycles. The molecular formula is C26H29ClF2N4O3. The predicted molar refractivity (Wildman–Crippen MR) is 134 cm³/mol. The Bertz CT molecular complexity index is 1230. The number of aromatic nitrogens is 3. The Morgan fingerprint density at radius 3 is 2.31 bits per heavy atom. The van der Waals surface area contributed by atoms with Crippen molar-refractivity contribution in [3.8, 4) is 34.5 Å². The summed E-state index contributed by atoms with van der Waals surface area (Å²) in [6.07, 6.45) is 0. The summed E-state index contributed by atoms with van der Waals surface area (Å²) in [5.41, 5.74) is -0.273. The summed E-state index contributed by atoms with van der Waals surface area (Å²) in [4.78, 5) is 24.8. The Morgan fingerprint density at radius 2 is 1.69 bits per heavy atom. The first-order valence-electron chi connectivity index (χ1n) is 11.4. The maximum atomic E-state index is 13.8. The lowest BCUT2D eigenvalue weighted by molar-refractivity contribution is -0.151. The molecule has 0 saturated carbocycles. The van der Waals surface area contributed by atoms with Crippen LogP contribution in [-0.2, 0) is 11.3 Å². The molecule has 0 aliphatic rings. The number of nitrogens with one attached hydrogen (secondary N) is 1. The van der Waals surface area contributed by atoms with E-state index in [-0.39, 0.29) is 18.2 Å². The van der Waals surface area contributed by atoms with E-state index < -0.39 is 23.3 Å². The Balaban J connectivity index is 1.84. The van der Waals surface area contributed by atoms with Crippen LogP contribution in [0.25, 0.3) is 22.8 Å². The fourth-order valence-corrected chi connectivity index (χ4v) is 3.24. The Kier molecular flexibility index (Phi) is 8.13. The number of ether oxygens (including phenoxy) is 1. The molecule has 1 amide bonds.